The van der Waals surface area contributed by atoms with Crippen molar-refractivity contribution < 1.29 is 14.2 Å². The second kappa shape index (κ2) is 7.72. The van der Waals surface area contributed by atoms with Crippen LogP contribution < -0.4 is 14.8 Å². The third-order valence-corrected chi connectivity index (χ3v) is 4.67. The molecule has 2 aliphatic heterocycles. The van der Waals surface area contributed by atoms with Crippen molar-refractivity contribution in [1.82, 2.24) is 10.2 Å². The van der Waals surface area contributed by atoms with Crippen molar-refractivity contribution >= 4 is 0 Å². The molecule has 1 atom stereocenters. The number of benzene rings is 1. The van der Waals surface area contributed by atoms with E-state index in [4.69, 9.17) is 14.2 Å². The molecule has 3 rings (SSSR count). The van der Waals surface area contributed by atoms with Gasteiger partial charge < -0.3 is 19.5 Å². The average molecular weight is 334 g/mol. The minimum Gasteiger partial charge on any atom is -0.494 e. The Bertz CT molecular complexity index is 541. The first-order chi connectivity index (χ1) is 11.6. The summed E-state index contributed by atoms with van der Waals surface area (Å²) in [5.41, 5.74) is 1.05. The van der Waals surface area contributed by atoms with Crippen LogP contribution in [0.15, 0.2) is 18.2 Å². The van der Waals surface area contributed by atoms with E-state index in [1.54, 1.807) is 0 Å². The van der Waals surface area contributed by atoms with Crippen LogP contribution in [-0.2, 0) is 4.74 Å². The van der Waals surface area contributed by atoms with Crippen molar-refractivity contribution in [3.8, 4) is 11.5 Å². The number of fused-ring (bicyclic) bond motifs is 1. The van der Waals surface area contributed by atoms with Gasteiger partial charge in [0.2, 0.25) is 0 Å². The summed E-state index contributed by atoms with van der Waals surface area (Å²) >= 11 is 0. The molecule has 0 bridgehead atoms. The smallest absolute Gasteiger partial charge is 0.125 e. The van der Waals surface area contributed by atoms with Gasteiger partial charge >= 0.3 is 0 Å². The van der Waals surface area contributed by atoms with Crippen LogP contribution in [0.4, 0.5) is 0 Å². The van der Waals surface area contributed by atoms with Gasteiger partial charge in [-0.25, -0.2) is 0 Å². The van der Waals surface area contributed by atoms with E-state index in [0.29, 0.717) is 12.6 Å². The number of ether oxygens (including phenoxy) is 3. The first-order valence-electron chi connectivity index (χ1n) is 9.06. The summed E-state index contributed by atoms with van der Waals surface area (Å²) in [6.07, 6.45) is 0.957. The van der Waals surface area contributed by atoms with Crippen LogP contribution >= 0.6 is 0 Å². The molecular formula is C19H30N2O3. The molecule has 0 spiro atoms. The highest BCUT2D eigenvalue weighted by atomic mass is 16.5. The highest BCUT2D eigenvalue weighted by Crippen LogP contribution is 2.41. The van der Waals surface area contributed by atoms with Crippen LogP contribution in [0, 0.1) is 0 Å². The fraction of sp³-hybridized carbons (Fsp3) is 0.684. The Labute approximate surface area is 145 Å². The predicted octanol–water partition coefficient (Wildman–Crippen LogP) is 2.61. The van der Waals surface area contributed by atoms with E-state index < -0.39 is 0 Å². The molecule has 5 heteroatoms. The molecule has 0 unspecified atom stereocenters. The molecule has 2 aliphatic rings. The summed E-state index contributed by atoms with van der Waals surface area (Å²) < 4.78 is 17.2. The molecule has 5 nitrogen and oxygen atoms in total. The van der Waals surface area contributed by atoms with E-state index in [2.05, 4.69) is 30.1 Å². The average Bonchev–Trinajstić information content (AvgIpc) is 2.56. The van der Waals surface area contributed by atoms with Gasteiger partial charge in [-0.05, 0) is 39.0 Å². The predicted molar refractivity (Wildman–Crippen MR) is 94.9 cm³/mol. The Kier molecular flexibility index (Phi) is 5.64. The molecule has 0 aromatic heterocycles. The molecule has 1 fully saturated rings. The Balaban J connectivity index is 1.66. The van der Waals surface area contributed by atoms with Crippen LogP contribution in [0.1, 0.15) is 38.8 Å². The van der Waals surface area contributed by atoms with Gasteiger partial charge in [-0.3, -0.25) is 4.90 Å². The minimum absolute atomic E-state index is 0.156. The monoisotopic (exact) mass is 334 g/mol. The summed E-state index contributed by atoms with van der Waals surface area (Å²) in [7, 11) is 0. The molecule has 0 aliphatic carbocycles. The van der Waals surface area contributed by atoms with Crippen molar-refractivity contribution in [1.29, 1.82) is 0 Å². The van der Waals surface area contributed by atoms with Crippen molar-refractivity contribution in [3.05, 3.63) is 23.8 Å². The Morgan fingerprint density at radius 2 is 2.08 bits per heavy atom. The Morgan fingerprint density at radius 1 is 1.29 bits per heavy atom. The van der Waals surface area contributed by atoms with Gasteiger partial charge in [0.15, 0.2) is 0 Å². The van der Waals surface area contributed by atoms with Crippen LogP contribution in [0.2, 0.25) is 0 Å². The maximum Gasteiger partial charge on any atom is 0.125 e. The normalized spacial score (nSPS) is 23.4. The number of nitrogens with one attached hydrogen (secondary N) is 1. The van der Waals surface area contributed by atoms with Crippen LogP contribution in [0.5, 0.6) is 11.5 Å². The largest absolute Gasteiger partial charge is 0.494 e. The van der Waals surface area contributed by atoms with Gasteiger partial charge in [-0.1, -0.05) is 0 Å². The summed E-state index contributed by atoms with van der Waals surface area (Å²) in [5, 5.41) is 3.73. The lowest BCUT2D eigenvalue weighted by molar-refractivity contribution is 0.0362. The molecule has 0 amide bonds. The molecule has 0 radical (unpaired) electrons. The fourth-order valence-corrected chi connectivity index (χ4v) is 3.49. The molecule has 1 saturated heterocycles. The zero-order valence-electron chi connectivity index (χ0n) is 15.1. The van der Waals surface area contributed by atoms with Crippen molar-refractivity contribution in [2.24, 2.45) is 0 Å². The molecule has 1 N–H and O–H groups in total. The van der Waals surface area contributed by atoms with Crippen molar-refractivity contribution in [2.45, 2.75) is 38.8 Å². The zero-order valence-corrected chi connectivity index (χ0v) is 15.1. The number of rotatable bonds is 6. The number of morpholine rings is 1. The van der Waals surface area contributed by atoms with Gasteiger partial charge in [-0.2, -0.15) is 0 Å². The second-order valence-electron chi connectivity index (χ2n) is 7.16. The third-order valence-electron chi connectivity index (χ3n) is 4.67. The van der Waals surface area contributed by atoms with Crippen LogP contribution in [-0.4, -0.2) is 56.5 Å². The standard InChI is InChI=1S/C19H30N2O3/c1-4-23-15-5-6-18-16(13-15)17(14-19(2,3)24-18)20-7-8-21-9-11-22-12-10-21/h5-6,13,17,20H,4,7-12,14H2,1-3H3/t17-/m1/s1. The third kappa shape index (κ3) is 4.41. The topological polar surface area (TPSA) is 43.0 Å². The summed E-state index contributed by atoms with van der Waals surface area (Å²) in [5.74, 6) is 1.89. The SMILES string of the molecule is CCOc1ccc2c(c1)[C@H](NCCN1CCOCC1)CC(C)(C)O2. The summed E-state index contributed by atoms with van der Waals surface area (Å²) in [4.78, 5) is 2.46. The second-order valence-corrected chi connectivity index (χ2v) is 7.16. The molecule has 134 valence electrons. The lowest BCUT2D eigenvalue weighted by Crippen LogP contribution is -2.43. The molecule has 2 heterocycles. The first-order valence-corrected chi connectivity index (χ1v) is 9.06. The van der Waals surface area contributed by atoms with E-state index in [1.807, 2.05) is 19.1 Å². The van der Waals surface area contributed by atoms with E-state index in [0.717, 1.165) is 57.3 Å². The molecular weight excluding hydrogens is 304 g/mol. The van der Waals surface area contributed by atoms with E-state index in [1.165, 1.54) is 5.56 Å². The number of nitrogens with zero attached hydrogens (tertiary/aromatic N) is 1. The summed E-state index contributed by atoms with van der Waals surface area (Å²) in [6, 6.07) is 6.46. The Morgan fingerprint density at radius 3 is 2.83 bits per heavy atom. The molecule has 0 saturated carbocycles. The van der Waals surface area contributed by atoms with Gasteiger partial charge in [0, 0.05) is 44.2 Å². The zero-order chi connectivity index (χ0) is 17.0. The lowest BCUT2D eigenvalue weighted by atomic mass is 9.89. The van der Waals surface area contributed by atoms with Crippen LogP contribution in [0.3, 0.4) is 0 Å². The summed E-state index contributed by atoms with van der Waals surface area (Å²) in [6.45, 7) is 12.8. The van der Waals surface area contributed by atoms with Gasteiger partial charge in [-0.15, -0.1) is 0 Å². The fourth-order valence-electron chi connectivity index (χ4n) is 3.49. The van der Waals surface area contributed by atoms with E-state index in [9.17, 15) is 0 Å². The minimum atomic E-state index is -0.156. The Hall–Kier alpha value is -1.30. The van der Waals surface area contributed by atoms with Gasteiger partial charge in [0.05, 0.1) is 19.8 Å². The maximum absolute atomic E-state index is 6.16. The van der Waals surface area contributed by atoms with Crippen molar-refractivity contribution in [2.75, 3.05) is 46.0 Å². The maximum atomic E-state index is 6.16. The quantitative estimate of drug-likeness (QED) is 0.866. The first kappa shape index (κ1) is 17.5. The molecule has 1 aromatic carbocycles. The highest BCUT2D eigenvalue weighted by molar-refractivity contribution is 5.44. The van der Waals surface area contributed by atoms with Crippen LogP contribution in [0.25, 0.3) is 0 Å². The van der Waals surface area contributed by atoms with Gasteiger partial charge in [0.25, 0.3) is 0 Å². The highest BCUT2D eigenvalue weighted by Gasteiger charge is 2.33. The number of hydrogen-bond donors (Lipinski definition) is 1. The van der Waals surface area contributed by atoms with E-state index in [-0.39, 0.29) is 5.60 Å². The lowest BCUT2D eigenvalue weighted by Gasteiger charge is -2.38. The van der Waals surface area contributed by atoms with Gasteiger partial charge in [0.1, 0.15) is 17.1 Å². The van der Waals surface area contributed by atoms with Crippen molar-refractivity contribution in [3.63, 3.8) is 0 Å². The molecule has 1 aromatic rings. The molecule has 24 heavy (non-hydrogen) atoms. The van der Waals surface area contributed by atoms with E-state index >= 15 is 0 Å². The number of hydrogen-bond acceptors (Lipinski definition) is 5.